The quantitative estimate of drug-likeness (QED) is 0.861. The van der Waals surface area contributed by atoms with Crippen molar-refractivity contribution in [2.45, 2.75) is 31.4 Å². The third-order valence-corrected chi connectivity index (χ3v) is 4.42. The van der Waals surface area contributed by atoms with Crippen LogP contribution in [0.3, 0.4) is 0 Å². The second-order valence-electron chi connectivity index (χ2n) is 5.03. The number of anilines is 1. The summed E-state index contributed by atoms with van der Waals surface area (Å²) >= 11 is 1.69. The number of rotatable bonds is 4. The van der Waals surface area contributed by atoms with E-state index in [2.05, 4.69) is 0 Å². The first-order valence-corrected chi connectivity index (χ1v) is 8.11. The number of likely N-dealkylation sites (tertiary alicyclic amines) is 1. The first-order chi connectivity index (χ1) is 9.25. The molecule has 0 radical (unpaired) electrons. The highest BCUT2D eigenvalue weighted by Crippen LogP contribution is 2.16. The summed E-state index contributed by atoms with van der Waals surface area (Å²) in [4.78, 5) is 14.1. The normalized spacial score (nSPS) is 16.1. The van der Waals surface area contributed by atoms with Gasteiger partial charge in [-0.1, -0.05) is 25.0 Å². The zero-order valence-corrected chi connectivity index (χ0v) is 12.1. The fourth-order valence-electron chi connectivity index (χ4n) is 2.28. The zero-order chi connectivity index (χ0) is 13.5. The monoisotopic (exact) mass is 278 g/mol. The van der Waals surface area contributed by atoms with Gasteiger partial charge in [-0.25, -0.2) is 0 Å². The third kappa shape index (κ3) is 4.78. The molecule has 3 nitrogen and oxygen atoms in total. The van der Waals surface area contributed by atoms with Gasteiger partial charge in [0.2, 0.25) is 5.91 Å². The van der Waals surface area contributed by atoms with Gasteiger partial charge in [0.25, 0.3) is 0 Å². The van der Waals surface area contributed by atoms with Crippen LogP contribution in [0.25, 0.3) is 0 Å². The standard InChI is InChI=1S/C15H22N2OS/c16-14-7-5-13(6-8-14)11-19-12-15(18)17-9-3-1-2-4-10-17/h5-8H,1-4,9-12,16H2. The third-order valence-electron chi connectivity index (χ3n) is 3.43. The molecule has 19 heavy (non-hydrogen) atoms. The highest BCUT2D eigenvalue weighted by molar-refractivity contribution is 7.99. The van der Waals surface area contributed by atoms with Gasteiger partial charge in [0, 0.05) is 24.5 Å². The minimum Gasteiger partial charge on any atom is -0.399 e. The Morgan fingerprint density at radius 2 is 1.74 bits per heavy atom. The van der Waals surface area contributed by atoms with E-state index in [0.717, 1.165) is 37.4 Å². The summed E-state index contributed by atoms with van der Waals surface area (Å²) in [6, 6.07) is 7.87. The number of nitrogens with zero attached hydrogens (tertiary/aromatic N) is 1. The fraction of sp³-hybridized carbons (Fsp3) is 0.533. The number of carbonyl (C=O) groups excluding carboxylic acids is 1. The zero-order valence-electron chi connectivity index (χ0n) is 11.3. The molecule has 0 aliphatic carbocycles. The summed E-state index contributed by atoms with van der Waals surface area (Å²) in [6.07, 6.45) is 4.85. The van der Waals surface area contributed by atoms with Gasteiger partial charge in [0.15, 0.2) is 0 Å². The van der Waals surface area contributed by atoms with Crippen molar-refractivity contribution in [2.75, 3.05) is 24.6 Å². The lowest BCUT2D eigenvalue weighted by Crippen LogP contribution is -2.33. The Balaban J connectivity index is 1.72. The molecule has 1 aromatic rings. The van der Waals surface area contributed by atoms with Crippen molar-refractivity contribution in [3.05, 3.63) is 29.8 Å². The molecule has 1 aliphatic rings. The van der Waals surface area contributed by atoms with E-state index in [-0.39, 0.29) is 0 Å². The van der Waals surface area contributed by atoms with Crippen molar-refractivity contribution < 1.29 is 4.79 Å². The molecule has 2 rings (SSSR count). The molecule has 0 saturated carbocycles. The van der Waals surface area contributed by atoms with Crippen LogP contribution in [0.1, 0.15) is 31.2 Å². The maximum Gasteiger partial charge on any atom is 0.232 e. The Kier molecular flexibility index (Phi) is 5.58. The van der Waals surface area contributed by atoms with Crippen LogP contribution in [-0.2, 0) is 10.5 Å². The van der Waals surface area contributed by atoms with Gasteiger partial charge >= 0.3 is 0 Å². The second-order valence-corrected chi connectivity index (χ2v) is 6.01. The van der Waals surface area contributed by atoms with E-state index in [4.69, 9.17) is 5.73 Å². The number of nitrogen functional groups attached to an aromatic ring is 1. The van der Waals surface area contributed by atoms with Crippen molar-refractivity contribution >= 4 is 23.4 Å². The lowest BCUT2D eigenvalue weighted by atomic mass is 10.2. The van der Waals surface area contributed by atoms with Crippen molar-refractivity contribution in [1.82, 2.24) is 4.90 Å². The number of carbonyl (C=O) groups is 1. The topological polar surface area (TPSA) is 46.3 Å². The molecule has 1 aromatic carbocycles. The van der Waals surface area contributed by atoms with Gasteiger partial charge in [-0.05, 0) is 30.5 Å². The molecule has 1 heterocycles. The van der Waals surface area contributed by atoms with E-state index in [0.29, 0.717) is 11.7 Å². The minimum atomic E-state index is 0.294. The van der Waals surface area contributed by atoms with E-state index in [1.165, 1.54) is 18.4 Å². The van der Waals surface area contributed by atoms with Crippen LogP contribution in [-0.4, -0.2) is 29.6 Å². The van der Waals surface area contributed by atoms with E-state index in [1.807, 2.05) is 29.2 Å². The smallest absolute Gasteiger partial charge is 0.232 e. The molecular weight excluding hydrogens is 256 g/mol. The van der Waals surface area contributed by atoms with Crippen LogP contribution in [0, 0.1) is 0 Å². The maximum absolute atomic E-state index is 12.1. The van der Waals surface area contributed by atoms with Gasteiger partial charge in [0.05, 0.1) is 5.75 Å². The Bertz CT molecular complexity index is 397. The lowest BCUT2D eigenvalue weighted by Gasteiger charge is -2.19. The fourth-order valence-corrected chi connectivity index (χ4v) is 3.17. The number of benzene rings is 1. The van der Waals surface area contributed by atoms with Gasteiger partial charge < -0.3 is 10.6 Å². The minimum absolute atomic E-state index is 0.294. The van der Waals surface area contributed by atoms with Gasteiger partial charge in [-0.3, -0.25) is 4.79 Å². The summed E-state index contributed by atoms with van der Waals surface area (Å²) < 4.78 is 0. The van der Waals surface area contributed by atoms with E-state index in [9.17, 15) is 4.79 Å². The first-order valence-electron chi connectivity index (χ1n) is 6.95. The van der Waals surface area contributed by atoms with Crippen LogP contribution in [0.4, 0.5) is 5.69 Å². The van der Waals surface area contributed by atoms with E-state index < -0.39 is 0 Å². The SMILES string of the molecule is Nc1ccc(CSCC(=O)N2CCCCCC2)cc1. The molecule has 0 unspecified atom stereocenters. The van der Waals surface area contributed by atoms with Crippen LogP contribution < -0.4 is 5.73 Å². The molecule has 0 aromatic heterocycles. The molecule has 0 bridgehead atoms. The Hall–Kier alpha value is -1.16. The number of amides is 1. The van der Waals surface area contributed by atoms with Crippen molar-refractivity contribution in [2.24, 2.45) is 0 Å². The number of thioether (sulfide) groups is 1. The Morgan fingerprint density at radius 1 is 1.11 bits per heavy atom. The number of hydrogen-bond acceptors (Lipinski definition) is 3. The molecule has 0 spiro atoms. The van der Waals surface area contributed by atoms with Crippen molar-refractivity contribution in [3.8, 4) is 0 Å². The molecule has 2 N–H and O–H groups in total. The first kappa shape index (κ1) is 14.3. The Labute approximate surface area is 119 Å². The average molecular weight is 278 g/mol. The van der Waals surface area contributed by atoms with E-state index in [1.54, 1.807) is 11.8 Å². The second kappa shape index (κ2) is 7.43. The van der Waals surface area contributed by atoms with Crippen molar-refractivity contribution in [3.63, 3.8) is 0 Å². The van der Waals surface area contributed by atoms with Crippen molar-refractivity contribution in [1.29, 1.82) is 0 Å². The predicted molar refractivity (Wildman–Crippen MR) is 82.1 cm³/mol. The summed E-state index contributed by atoms with van der Waals surface area (Å²) in [6.45, 7) is 1.89. The summed E-state index contributed by atoms with van der Waals surface area (Å²) in [5.74, 6) is 1.76. The molecular formula is C15H22N2OS. The Morgan fingerprint density at radius 3 is 2.37 bits per heavy atom. The molecule has 1 aliphatic heterocycles. The summed E-state index contributed by atoms with van der Waals surface area (Å²) in [5, 5.41) is 0. The van der Waals surface area contributed by atoms with Crippen LogP contribution in [0.2, 0.25) is 0 Å². The van der Waals surface area contributed by atoms with Crippen LogP contribution >= 0.6 is 11.8 Å². The molecule has 0 atom stereocenters. The molecule has 4 heteroatoms. The predicted octanol–water partition coefficient (Wildman–Crippen LogP) is 2.90. The lowest BCUT2D eigenvalue weighted by molar-refractivity contribution is -0.128. The maximum atomic E-state index is 12.1. The molecule has 1 fully saturated rings. The van der Waals surface area contributed by atoms with Gasteiger partial charge in [-0.2, -0.15) is 0 Å². The average Bonchev–Trinajstić information content (AvgIpc) is 2.70. The van der Waals surface area contributed by atoms with Gasteiger partial charge in [0.1, 0.15) is 0 Å². The van der Waals surface area contributed by atoms with Gasteiger partial charge in [-0.15, -0.1) is 11.8 Å². The van der Waals surface area contributed by atoms with E-state index >= 15 is 0 Å². The van der Waals surface area contributed by atoms with Crippen LogP contribution in [0.15, 0.2) is 24.3 Å². The molecule has 1 saturated heterocycles. The summed E-state index contributed by atoms with van der Waals surface area (Å²) in [5.41, 5.74) is 7.66. The summed E-state index contributed by atoms with van der Waals surface area (Å²) in [7, 11) is 0. The molecule has 1 amide bonds. The number of hydrogen-bond donors (Lipinski definition) is 1. The largest absolute Gasteiger partial charge is 0.399 e. The molecule has 104 valence electrons. The number of nitrogens with two attached hydrogens (primary N) is 1. The van der Waals surface area contributed by atoms with Crippen LogP contribution in [0.5, 0.6) is 0 Å². The highest BCUT2D eigenvalue weighted by Gasteiger charge is 2.14. The highest BCUT2D eigenvalue weighted by atomic mass is 32.2.